The molecule has 3 rings (SSSR count). The van der Waals surface area contributed by atoms with E-state index >= 15 is 0 Å². The molecule has 1 unspecified atom stereocenters. The first kappa shape index (κ1) is 22.1. The van der Waals surface area contributed by atoms with Crippen molar-refractivity contribution in [1.82, 2.24) is 10.6 Å². The van der Waals surface area contributed by atoms with Gasteiger partial charge in [0.1, 0.15) is 0 Å². The van der Waals surface area contributed by atoms with Crippen molar-refractivity contribution in [1.29, 1.82) is 0 Å². The molecule has 0 spiro atoms. The molecule has 0 heterocycles. The molecule has 31 heavy (non-hydrogen) atoms. The lowest BCUT2D eigenvalue weighted by molar-refractivity contribution is -0.116. The standard InChI is InChI=1S/C24H22ClN3O3/c1-26-23(30)17-11-13-18(14-12-17)27-22(29)15-21(16-7-3-2-4-8-16)28-24(31)19-9-5-6-10-20(19)25/h2-14,21H,15H2,1H3,(H,26,30)(H,27,29)(H,28,31). The van der Waals surface area contributed by atoms with Crippen molar-refractivity contribution in [3.63, 3.8) is 0 Å². The summed E-state index contributed by atoms with van der Waals surface area (Å²) in [5.74, 6) is -0.840. The molecule has 3 N–H and O–H groups in total. The molecule has 0 aliphatic carbocycles. The summed E-state index contributed by atoms with van der Waals surface area (Å²) in [4.78, 5) is 37.1. The largest absolute Gasteiger partial charge is 0.355 e. The third-order valence-electron chi connectivity index (χ3n) is 4.67. The predicted octanol–water partition coefficient (Wildman–Crippen LogP) is 4.20. The first-order valence-corrected chi connectivity index (χ1v) is 10.1. The Labute approximate surface area is 185 Å². The quantitative estimate of drug-likeness (QED) is 0.519. The summed E-state index contributed by atoms with van der Waals surface area (Å²) in [5.41, 5.74) is 2.19. The molecule has 3 aromatic carbocycles. The molecule has 158 valence electrons. The highest BCUT2D eigenvalue weighted by Crippen LogP contribution is 2.21. The summed E-state index contributed by atoms with van der Waals surface area (Å²) in [6, 6.07) is 22.0. The van der Waals surface area contributed by atoms with Crippen LogP contribution in [0.2, 0.25) is 5.02 Å². The van der Waals surface area contributed by atoms with Gasteiger partial charge in [0.15, 0.2) is 0 Å². The van der Waals surface area contributed by atoms with Crippen LogP contribution in [0.4, 0.5) is 5.69 Å². The van der Waals surface area contributed by atoms with Crippen LogP contribution in [0.5, 0.6) is 0 Å². The SMILES string of the molecule is CNC(=O)c1ccc(NC(=O)CC(NC(=O)c2ccccc2Cl)c2ccccc2)cc1. The average Bonchev–Trinajstić information content (AvgIpc) is 2.79. The van der Waals surface area contributed by atoms with Crippen LogP contribution in [0.3, 0.4) is 0 Å². The fourth-order valence-electron chi connectivity index (χ4n) is 3.07. The monoisotopic (exact) mass is 435 g/mol. The lowest BCUT2D eigenvalue weighted by Crippen LogP contribution is -2.31. The van der Waals surface area contributed by atoms with Gasteiger partial charge in [0.25, 0.3) is 11.8 Å². The van der Waals surface area contributed by atoms with E-state index < -0.39 is 6.04 Å². The van der Waals surface area contributed by atoms with Crippen LogP contribution in [0, 0.1) is 0 Å². The van der Waals surface area contributed by atoms with E-state index in [0.717, 1.165) is 5.56 Å². The number of anilines is 1. The Balaban J connectivity index is 1.73. The third kappa shape index (κ3) is 5.93. The lowest BCUT2D eigenvalue weighted by Gasteiger charge is -2.19. The topological polar surface area (TPSA) is 87.3 Å². The van der Waals surface area contributed by atoms with Gasteiger partial charge in [0, 0.05) is 18.3 Å². The van der Waals surface area contributed by atoms with Gasteiger partial charge < -0.3 is 16.0 Å². The minimum Gasteiger partial charge on any atom is -0.355 e. The van der Waals surface area contributed by atoms with Gasteiger partial charge in [-0.1, -0.05) is 54.1 Å². The van der Waals surface area contributed by atoms with Crippen LogP contribution in [0.15, 0.2) is 78.9 Å². The second-order valence-corrected chi connectivity index (χ2v) is 7.23. The van der Waals surface area contributed by atoms with E-state index in [-0.39, 0.29) is 24.1 Å². The minimum atomic E-state index is -0.546. The summed E-state index contributed by atoms with van der Waals surface area (Å²) in [5, 5.41) is 8.59. The molecule has 3 amide bonds. The molecule has 3 aromatic rings. The number of amides is 3. The van der Waals surface area contributed by atoms with Gasteiger partial charge in [-0.2, -0.15) is 0 Å². The minimum absolute atomic E-state index is 0.0252. The zero-order valence-electron chi connectivity index (χ0n) is 16.9. The highest BCUT2D eigenvalue weighted by atomic mass is 35.5. The predicted molar refractivity (Wildman–Crippen MR) is 121 cm³/mol. The fourth-order valence-corrected chi connectivity index (χ4v) is 3.29. The number of carbonyl (C=O) groups excluding carboxylic acids is 3. The summed E-state index contributed by atoms with van der Waals surface area (Å²) in [7, 11) is 1.55. The van der Waals surface area contributed by atoms with Gasteiger partial charge in [0.05, 0.1) is 23.0 Å². The maximum Gasteiger partial charge on any atom is 0.253 e. The average molecular weight is 436 g/mol. The number of carbonyl (C=O) groups is 3. The number of halogens is 1. The van der Waals surface area contributed by atoms with E-state index in [4.69, 9.17) is 11.6 Å². The van der Waals surface area contributed by atoms with E-state index in [1.807, 2.05) is 30.3 Å². The molecular weight excluding hydrogens is 414 g/mol. The molecule has 6 nitrogen and oxygen atoms in total. The number of hydrogen-bond acceptors (Lipinski definition) is 3. The van der Waals surface area contributed by atoms with Crippen LogP contribution >= 0.6 is 11.6 Å². The Bertz CT molecular complexity index is 1070. The Morgan fingerprint density at radius 3 is 2.13 bits per heavy atom. The van der Waals surface area contributed by atoms with Crippen LogP contribution in [0.1, 0.15) is 38.7 Å². The van der Waals surface area contributed by atoms with E-state index in [1.54, 1.807) is 55.6 Å². The zero-order chi connectivity index (χ0) is 22.2. The van der Waals surface area contributed by atoms with E-state index in [1.165, 1.54) is 0 Å². The first-order valence-electron chi connectivity index (χ1n) is 9.70. The van der Waals surface area contributed by atoms with Crippen molar-refractivity contribution < 1.29 is 14.4 Å². The maximum absolute atomic E-state index is 12.8. The molecule has 0 radical (unpaired) electrons. The summed E-state index contributed by atoms with van der Waals surface area (Å²) < 4.78 is 0. The van der Waals surface area contributed by atoms with Crippen LogP contribution in [-0.2, 0) is 4.79 Å². The summed E-state index contributed by atoms with van der Waals surface area (Å²) >= 11 is 6.14. The molecule has 0 saturated heterocycles. The van der Waals surface area contributed by atoms with Crippen molar-refractivity contribution in [3.05, 3.63) is 101 Å². The van der Waals surface area contributed by atoms with Gasteiger partial charge in [-0.3, -0.25) is 14.4 Å². The van der Waals surface area contributed by atoms with E-state index in [2.05, 4.69) is 16.0 Å². The van der Waals surface area contributed by atoms with Gasteiger partial charge in [0.2, 0.25) is 5.91 Å². The van der Waals surface area contributed by atoms with Crippen molar-refractivity contribution in [2.75, 3.05) is 12.4 Å². The Morgan fingerprint density at radius 2 is 1.48 bits per heavy atom. The molecule has 0 aromatic heterocycles. The van der Waals surface area contributed by atoms with Crippen molar-refractivity contribution in [2.45, 2.75) is 12.5 Å². The molecular formula is C24H22ClN3O3. The van der Waals surface area contributed by atoms with Gasteiger partial charge in [-0.05, 0) is 42.0 Å². The zero-order valence-corrected chi connectivity index (χ0v) is 17.6. The van der Waals surface area contributed by atoms with Gasteiger partial charge in [-0.25, -0.2) is 0 Å². The summed E-state index contributed by atoms with van der Waals surface area (Å²) in [6.45, 7) is 0. The fraction of sp³-hybridized carbons (Fsp3) is 0.125. The number of rotatable bonds is 7. The van der Waals surface area contributed by atoms with Crippen molar-refractivity contribution in [2.24, 2.45) is 0 Å². The highest BCUT2D eigenvalue weighted by Gasteiger charge is 2.20. The van der Waals surface area contributed by atoms with Crippen molar-refractivity contribution in [3.8, 4) is 0 Å². The highest BCUT2D eigenvalue weighted by molar-refractivity contribution is 6.33. The number of nitrogens with one attached hydrogen (secondary N) is 3. The second kappa shape index (κ2) is 10.4. The van der Waals surface area contributed by atoms with Crippen LogP contribution < -0.4 is 16.0 Å². The second-order valence-electron chi connectivity index (χ2n) is 6.83. The molecule has 1 atom stereocenters. The van der Waals surface area contributed by atoms with Crippen molar-refractivity contribution >= 4 is 35.0 Å². The third-order valence-corrected chi connectivity index (χ3v) is 5.00. The maximum atomic E-state index is 12.8. The molecule has 7 heteroatoms. The van der Waals surface area contributed by atoms with Gasteiger partial charge in [-0.15, -0.1) is 0 Å². The normalized spacial score (nSPS) is 11.3. The van der Waals surface area contributed by atoms with E-state index in [0.29, 0.717) is 21.8 Å². The number of benzene rings is 3. The van der Waals surface area contributed by atoms with E-state index in [9.17, 15) is 14.4 Å². The van der Waals surface area contributed by atoms with Crippen LogP contribution in [0.25, 0.3) is 0 Å². The Hall–Kier alpha value is -3.64. The van der Waals surface area contributed by atoms with Crippen LogP contribution in [-0.4, -0.2) is 24.8 Å². The Kier molecular flexibility index (Phi) is 7.40. The number of hydrogen-bond donors (Lipinski definition) is 3. The first-order chi connectivity index (χ1) is 15.0. The molecule has 0 bridgehead atoms. The molecule has 0 fully saturated rings. The smallest absolute Gasteiger partial charge is 0.253 e. The molecule has 0 saturated carbocycles. The lowest BCUT2D eigenvalue weighted by atomic mass is 10.0. The molecule has 0 aliphatic rings. The van der Waals surface area contributed by atoms with Gasteiger partial charge >= 0.3 is 0 Å². The molecule has 0 aliphatic heterocycles. The summed E-state index contributed by atoms with van der Waals surface area (Å²) in [6.07, 6.45) is 0.0252. The Morgan fingerprint density at radius 1 is 0.839 bits per heavy atom.